The van der Waals surface area contributed by atoms with Gasteiger partial charge < -0.3 is 4.57 Å². The van der Waals surface area contributed by atoms with Gasteiger partial charge in [-0.2, -0.15) is 0 Å². The molecule has 0 amide bonds. The Morgan fingerprint density at radius 2 is 1.90 bits per heavy atom. The van der Waals surface area contributed by atoms with Gasteiger partial charge in [-0.05, 0) is 24.4 Å². The van der Waals surface area contributed by atoms with Gasteiger partial charge in [0.1, 0.15) is 5.82 Å². The fourth-order valence-corrected chi connectivity index (χ4v) is 3.63. The number of benzene rings is 1. The molecule has 21 heavy (non-hydrogen) atoms. The number of aromatic nitrogens is 2. The minimum Gasteiger partial charge on any atom is -0.337 e. The first-order chi connectivity index (χ1) is 9.95. The normalized spacial score (nSPS) is 23.5. The topological polar surface area (TPSA) is 21.1 Å². The van der Waals surface area contributed by atoms with Crippen molar-refractivity contribution in [2.45, 2.75) is 32.2 Å². The second kappa shape index (κ2) is 4.99. The van der Waals surface area contributed by atoms with Crippen LogP contribution < -0.4 is 0 Å². The van der Waals surface area contributed by atoms with Gasteiger partial charge >= 0.3 is 0 Å². The van der Waals surface area contributed by atoms with E-state index in [4.69, 9.17) is 0 Å². The maximum atomic E-state index is 4.44. The molecule has 2 aromatic rings. The first-order valence-corrected chi connectivity index (χ1v) is 7.65. The van der Waals surface area contributed by atoms with Gasteiger partial charge in [-0.1, -0.05) is 44.2 Å². The summed E-state index contributed by atoms with van der Waals surface area (Å²) in [6, 6.07) is 11.0. The van der Waals surface area contributed by atoms with E-state index in [1.165, 1.54) is 12.0 Å². The molecule has 3 rings (SSSR count). The first kappa shape index (κ1) is 14.3. The van der Waals surface area contributed by atoms with Gasteiger partial charge in [-0.3, -0.25) is 4.90 Å². The maximum Gasteiger partial charge on any atom is 0.122 e. The summed E-state index contributed by atoms with van der Waals surface area (Å²) in [6.07, 6.45) is 5.14. The molecule has 1 fully saturated rings. The molecule has 0 saturated heterocycles. The number of hydrogen-bond donors (Lipinski definition) is 0. The smallest absolute Gasteiger partial charge is 0.122 e. The Kier molecular flexibility index (Phi) is 3.40. The Morgan fingerprint density at radius 3 is 2.43 bits per heavy atom. The Hall–Kier alpha value is -1.61. The lowest BCUT2D eigenvalue weighted by Crippen LogP contribution is -2.32. The molecule has 0 bridgehead atoms. The Bertz CT molecular complexity index is 614. The summed E-state index contributed by atoms with van der Waals surface area (Å²) in [6.45, 7) is 6.74. The van der Waals surface area contributed by atoms with E-state index in [0.29, 0.717) is 5.41 Å². The van der Waals surface area contributed by atoms with Crippen molar-refractivity contribution >= 4 is 0 Å². The molecule has 112 valence electrons. The molecule has 0 spiro atoms. The fourth-order valence-electron chi connectivity index (χ4n) is 3.63. The molecule has 1 saturated carbocycles. The third kappa shape index (κ3) is 2.51. The van der Waals surface area contributed by atoms with Crippen molar-refractivity contribution < 1.29 is 0 Å². The number of nitrogens with zero attached hydrogens (tertiary/aromatic N) is 3. The number of rotatable bonds is 5. The molecule has 0 radical (unpaired) electrons. The summed E-state index contributed by atoms with van der Waals surface area (Å²) in [5.41, 5.74) is 2.14. The van der Waals surface area contributed by atoms with Crippen LogP contribution in [0.1, 0.15) is 31.7 Å². The number of likely N-dealkylation sites (N-methyl/N-ethyl adjacent to an activating group) is 1. The number of aryl methyl sites for hydroxylation is 1. The third-order valence-corrected chi connectivity index (χ3v) is 5.11. The molecular weight excluding hydrogens is 258 g/mol. The third-order valence-electron chi connectivity index (χ3n) is 5.11. The van der Waals surface area contributed by atoms with Crippen LogP contribution in [0.2, 0.25) is 0 Å². The molecule has 1 aromatic heterocycles. The zero-order valence-electron chi connectivity index (χ0n) is 13.5. The molecular formula is C18H25N3. The largest absolute Gasteiger partial charge is 0.337 e. The minimum atomic E-state index is 0.286. The molecule has 1 aliphatic rings. The van der Waals surface area contributed by atoms with E-state index in [0.717, 1.165) is 18.9 Å². The van der Waals surface area contributed by atoms with Gasteiger partial charge in [0, 0.05) is 31.4 Å². The van der Waals surface area contributed by atoms with Crippen molar-refractivity contribution in [2.75, 3.05) is 13.6 Å². The Morgan fingerprint density at radius 1 is 1.24 bits per heavy atom. The van der Waals surface area contributed by atoms with E-state index in [1.54, 1.807) is 0 Å². The van der Waals surface area contributed by atoms with E-state index < -0.39 is 0 Å². The SMILES string of the molecule is CN(Cc1nccn1C)C[C@]1(c2ccccc2)CC1(C)C. The molecule has 1 atom stereocenters. The van der Waals surface area contributed by atoms with Gasteiger partial charge in [0.05, 0.1) is 6.54 Å². The first-order valence-electron chi connectivity index (χ1n) is 7.65. The quantitative estimate of drug-likeness (QED) is 0.840. The van der Waals surface area contributed by atoms with Gasteiger partial charge in [0.25, 0.3) is 0 Å². The molecule has 1 aromatic carbocycles. The average Bonchev–Trinajstić information content (AvgIpc) is 2.76. The number of hydrogen-bond acceptors (Lipinski definition) is 2. The van der Waals surface area contributed by atoms with Crippen LogP contribution in [-0.4, -0.2) is 28.0 Å². The lowest BCUT2D eigenvalue weighted by Gasteiger charge is -2.27. The number of imidazole rings is 1. The van der Waals surface area contributed by atoms with Crippen molar-refractivity contribution in [1.29, 1.82) is 0 Å². The summed E-state index contributed by atoms with van der Waals surface area (Å²) in [7, 11) is 4.26. The standard InChI is InChI=1S/C18H25N3/c1-17(2)13-18(17,15-8-6-5-7-9-15)14-20(3)12-16-19-10-11-21(16)4/h5-11H,12-14H2,1-4H3/t18-/m0/s1. The summed E-state index contributed by atoms with van der Waals surface area (Å²) < 4.78 is 2.10. The second-order valence-electron chi connectivity index (χ2n) is 7.14. The van der Waals surface area contributed by atoms with Crippen molar-refractivity contribution in [1.82, 2.24) is 14.5 Å². The van der Waals surface area contributed by atoms with Crippen LogP contribution in [0.4, 0.5) is 0 Å². The highest BCUT2D eigenvalue weighted by atomic mass is 15.2. The van der Waals surface area contributed by atoms with E-state index >= 15 is 0 Å². The van der Waals surface area contributed by atoms with Gasteiger partial charge in [0.15, 0.2) is 0 Å². The molecule has 0 unspecified atom stereocenters. The van der Waals surface area contributed by atoms with Gasteiger partial charge in [-0.15, -0.1) is 0 Å². The van der Waals surface area contributed by atoms with E-state index in [1.807, 2.05) is 12.4 Å². The van der Waals surface area contributed by atoms with Crippen LogP contribution in [0.3, 0.4) is 0 Å². The summed E-state index contributed by atoms with van der Waals surface area (Å²) in [4.78, 5) is 6.84. The lowest BCUT2D eigenvalue weighted by atomic mass is 9.87. The predicted molar refractivity (Wildman–Crippen MR) is 86.1 cm³/mol. The summed E-state index contributed by atoms with van der Waals surface area (Å²) in [5.74, 6) is 1.12. The maximum absolute atomic E-state index is 4.44. The van der Waals surface area contributed by atoms with E-state index in [-0.39, 0.29) is 5.41 Å². The van der Waals surface area contributed by atoms with Crippen LogP contribution >= 0.6 is 0 Å². The Balaban J connectivity index is 1.77. The summed E-state index contributed by atoms with van der Waals surface area (Å²) in [5, 5.41) is 0. The van der Waals surface area contributed by atoms with Crippen LogP contribution in [-0.2, 0) is 19.0 Å². The molecule has 3 heteroatoms. The molecule has 0 aliphatic heterocycles. The van der Waals surface area contributed by atoms with Gasteiger partial charge in [-0.25, -0.2) is 4.98 Å². The molecule has 1 heterocycles. The van der Waals surface area contributed by atoms with E-state index in [2.05, 4.69) is 72.7 Å². The van der Waals surface area contributed by atoms with E-state index in [9.17, 15) is 0 Å². The highest BCUT2D eigenvalue weighted by Crippen LogP contribution is 2.64. The van der Waals surface area contributed by atoms with Crippen LogP contribution in [0, 0.1) is 5.41 Å². The van der Waals surface area contributed by atoms with Crippen LogP contribution in [0.25, 0.3) is 0 Å². The predicted octanol–water partition coefficient (Wildman–Crippen LogP) is 3.22. The fraction of sp³-hybridized carbons (Fsp3) is 0.500. The monoisotopic (exact) mass is 283 g/mol. The molecule has 3 nitrogen and oxygen atoms in total. The van der Waals surface area contributed by atoms with Crippen LogP contribution in [0.15, 0.2) is 42.7 Å². The highest BCUT2D eigenvalue weighted by Gasteiger charge is 2.61. The van der Waals surface area contributed by atoms with Crippen molar-refractivity contribution in [3.05, 3.63) is 54.1 Å². The zero-order valence-corrected chi connectivity index (χ0v) is 13.5. The highest BCUT2D eigenvalue weighted by molar-refractivity contribution is 5.37. The van der Waals surface area contributed by atoms with Gasteiger partial charge in [0.2, 0.25) is 0 Å². The Labute approximate surface area is 127 Å². The lowest BCUT2D eigenvalue weighted by molar-refractivity contribution is 0.263. The average molecular weight is 283 g/mol. The van der Waals surface area contributed by atoms with Crippen molar-refractivity contribution in [3.8, 4) is 0 Å². The van der Waals surface area contributed by atoms with Crippen LogP contribution in [0.5, 0.6) is 0 Å². The minimum absolute atomic E-state index is 0.286. The van der Waals surface area contributed by atoms with Crippen molar-refractivity contribution in [3.63, 3.8) is 0 Å². The molecule has 0 N–H and O–H groups in total. The van der Waals surface area contributed by atoms with Crippen molar-refractivity contribution in [2.24, 2.45) is 12.5 Å². The zero-order chi connectivity index (χ0) is 15.1. The molecule has 1 aliphatic carbocycles. The second-order valence-corrected chi connectivity index (χ2v) is 7.14. The summed E-state index contributed by atoms with van der Waals surface area (Å²) >= 11 is 0.